The van der Waals surface area contributed by atoms with Crippen molar-refractivity contribution in [3.05, 3.63) is 0 Å². The van der Waals surface area contributed by atoms with Crippen LogP contribution >= 0.6 is 0 Å². The fourth-order valence-corrected chi connectivity index (χ4v) is 5.38. The van der Waals surface area contributed by atoms with E-state index < -0.39 is 19.7 Å². The highest BCUT2D eigenvalue weighted by molar-refractivity contribution is 7.92. The minimum atomic E-state index is -2.91. The van der Waals surface area contributed by atoms with E-state index in [-0.39, 0.29) is 22.0 Å². The molecule has 0 saturated carbocycles. The second-order valence-corrected chi connectivity index (χ2v) is 11.3. The second kappa shape index (κ2) is 6.87. The van der Waals surface area contributed by atoms with Gasteiger partial charge in [0, 0.05) is 26.2 Å². The Bertz CT molecular complexity index is 605. The third-order valence-electron chi connectivity index (χ3n) is 4.37. The van der Waals surface area contributed by atoms with E-state index in [1.165, 1.54) is 0 Å². The number of rotatable bonds is 2. The first-order valence-corrected chi connectivity index (χ1v) is 11.0. The molecule has 2 aliphatic heterocycles. The molecule has 2 aliphatic rings. The summed E-state index contributed by atoms with van der Waals surface area (Å²) in [5.41, 5.74) is 0. The van der Waals surface area contributed by atoms with Gasteiger partial charge >= 0.3 is 0 Å². The van der Waals surface area contributed by atoms with Crippen LogP contribution in [-0.2, 0) is 19.7 Å². The zero-order chi connectivity index (χ0) is 16.4. The van der Waals surface area contributed by atoms with E-state index in [1.54, 1.807) is 13.8 Å². The van der Waals surface area contributed by atoms with Crippen LogP contribution in [0.4, 0.5) is 0 Å². The van der Waals surface area contributed by atoms with Crippen molar-refractivity contribution in [3.8, 4) is 11.8 Å². The lowest BCUT2D eigenvalue weighted by Crippen LogP contribution is -2.46. The zero-order valence-electron chi connectivity index (χ0n) is 13.2. The van der Waals surface area contributed by atoms with Crippen molar-refractivity contribution in [1.82, 2.24) is 9.80 Å². The maximum atomic E-state index is 11.6. The summed E-state index contributed by atoms with van der Waals surface area (Å²) < 4.78 is 46.5. The van der Waals surface area contributed by atoms with Gasteiger partial charge in [-0.25, -0.2) is 16.8 Å². The topological polar surface area (TPSA) is 74.8 Å². The van der Waals surface area contributed by atoms with Crippen LogP contribution in [-0.4, -0.2) is 87.9 Å². The summed E-state index contributed by atoms with van der Waals surface area (Å²) in [6, 6.07) is 0. The summed E-state index contributed by atoms with van der Waals surface area (Å²) in [4.78, 5) is 4.12. The van der Waals surface area contributed by atoms with Crippen molar-refractivity contribution < 1.29 is 16.8 Å². The molecule has 6 nitrogen and oxygen atoms in total. The molecule has 0 N–H and O–H groups in total. The predicted molar refractivity (Wildman–Crippen MR) is 87.2 cm³/mol. The van der Waals surface area contributed by atoms with Crippen LogP contribution in [0.15, 0.2) is 0 Å². The van der Waals surface area contributed by atoms with Gasteiger partial charge < -0.3 is 0 Å². The lowest BCUT2D eigenvalue weighted by Gasteiger charge is -2.29. The molecule has 2 fully saturated rings. The third kappa shape index (κ3) is 4.44. The van der Waals surface area contributed by atoms with Gasteiger partial charge in [-0.3, -0.25) is 9.80 Å². The molecule has 2 atom stereocenters. The minimum Gasteiger partial charge on any atom is -0.290 e. The van der Waals surface area contributed by atoms with Gasteiger partial charge in [0.2, 0.25) is 0 Å². The van der Waals surface area contributed by atoms with Crippen LogP contribution in [0.5, 0.6) is 0 Å². The smallest absolute Gasteiger partial charge is 0.155 e. The molecule has 0 amide bonds. The van der Waals surface area contributed by atoms with Crippen LogP contribution in [0, 0.1) is 11.8 Å². The highest BCUT2D eigenvalue weighted by Gasteiger charge is 2.29. The number of nitrogens with zero attached hydrogens (tertiary/aromatic N) is 2. The molecular weight excluding hydrogens is 324 g/mol. The molecule has 2 heterocycles. The maximum Gasteiger partial charge on any atom is 0.155 e. The molecule has 0 bridgehead atoms. The van der Waals surface area contributed by atoms with Crippen molar-refractivity contribution >= 4 is 19.7 Å². The van der Waals surface area contributed by atoms with Crippen molar-refractivity contribution in [2.45, 2.75) is 24.3 Å². The van der Waals surface area contributed by atoms with E-state index in [0.29, 0.717) is 39.3 Å². The Hall–Kier alpha value is -0.620. The van der Waals surface area contributed by atoms with Gasteiger partial charge in [0.15, 0.2) is 19.7 Å². The van der Waals surface area contributed by atoms with Crippen molar-refractivity contribution in [1.29, 1.82) is 0 Å². The van der Waals surface area contributed by atoms with Gasteiger partial charge in [0.25, 0.3) is 0 Å². The van der Waals surface area contributed by atoms with E-state index >= 15 is 0 Å². The lowest BCUT2D eigenvalue weighted by molar-refractivity contribution is 0.306. The number of sulfone groups is 2. The largest absolute Gasteiger partial charge is 0.290 e. The summed E-state index contributed by atoms with van der Waals surface area (Å²) in [7, 11) is -5.83. The monoisotopic (exact) mass is 348 g/mol. The lowest BCUT2D eigenvalue weighted by atomic mass is 10.3. The van der Waals surface area contributed by atoms with E-state index in [4.69, 9.17) is 0 Å². The average Bonchev–Trinajstić information content (AvgIpc) is 2.43. The molecular formula is C14H24N2O4S2. The highest BCUT2D eigenvalue weighted by atomic mass is 32.2. The van der Waals surface area contributed by atoms with Crippen LogP contribution in [0.1, 0.15) is 13.8 Å². The molecule has 0 spiro atoms. The first-order valence-electron chi connectivity index (χ1n) is 7.54. The highest BCUT2D eigenvalue weighted by Crippen LogP contribution is 2.12. The van der Waals surface area contributed by atoms with Crippen LogP contribution in [0.25, 0.3) is 0 Å². The van der Waals surface area contributed by atoms with Crippen LogP contribution < -0.4 is 0 Å². The quantitative estimate of drug-likeness (QED) is 0.610. The Morgan fingerprint density at radius 1 is 0.818 bits per heavy atom. The van der Waals surface area contributed by atoms with Crippen molar-refractivity contribution in [2.75, 3.05) is 50.8 Å². The first kappa shape index (κ1) is 17.7. The van der Waals surface area contributed by atoms with Gasteiger partial charge in [0.05, 0.1) is 35.1 Å². The van der Waals surface area contributed by atoms with Gasteiger partial charge in [0.1, 0.15) is 0 Å². The molecule has 0 aromatic carbocycles. The van der Waals surface area contributed by atoms with Gasteiger partial charge in [-0.15, -0.1) is 0 Å². The van der Waals surface area contributed by atoms with Gasteiger partial charge in [-0.2, -0.15) is 0 Å². The Morgan fingerprint density at radius 3 is 1.50 bits per heavy atom. The molecule has 22 heavy (non-hydrogen) atoms. The molecule has 0 aliphatic carbocycles. The molecule has 126 valence electrons. The second-order valence-electron chi connectivity index (χ2n) is 6.18. The number of hydrogen-bond donors (Lipinski definition) is 0. The third-order valence-corrected chi connectivity index (χ3v) is 8.62. The predicted octanol–water partition coefficient (Wildman–Crippen LogP) is -0.772. The molecule has 0 aromatic heterocycles. The zero-order valence-corrected chi connectivity index (χ0v) is 14.8. The normalized spacial score (nSPS) is 32.1. The fourth-order valence-electron chi connectivity index (χ4n) is 2.67. The maximum absolute atomic E-state index is 11.6. The van der Waals surface area contributed by atoms with Crippen molar-refractivity contribution in [3.63, 3.8) is 0 Å². The Kier molecular flexibility index (Phi) is 5.54. The Balaban J connectivity index is 1.77. The van der Waals surface area contributed by atoms with Crippen LogP contribution in [0.3, 0.4) is 0 Å². The van der Waals surface area contributed by atoms with Crippen molar-refractivity contribution in [2.24, 2.45) is 0 Å². The summed E-state index contributed by atoms with van der Waals surface area (Å²) >= 11 is 0. The van der Waals surface area contributed by atoms with Gasteiger partial charge in [-0.1, -0.05) is 11.8 Å². The van der Waals surface area contributed by atoms with E-state index in [2.05, 4.69) is 21.6 Å². The van der Waals surface area contributed by atoms with Crippen LogP contribution in [0.2, 0.25) is 0 Å². The first-order chi connectivity index (χ1) is 10.2. The SMILES string of the molecule is C[C@@H]1CN(CC#CCN2CCS(=O)(=O)[C@@H](C)C2)CCS1(=O)=O. The fraction of sp³-hybridized carbons (Fsp3) is 0.857. The molecule has 0 aromatic rings. The molecule has 2 saturated heterocycles. The summed E-state index contributed by atoms with van der Waals surface area (Å²) in [6.07, 6.45) is 0. The van der Waals surface area contributed by atoms with Gasteiger partial charge in [-0.05, 0) is 13.8 Å². The van der Waals surface area contributed by atoms with E-state index in [9.17, 15) is 16.8 Å². The standard InChI is InChI=1S/C14H24N2O4S2/c1-13-11-15(7-9-21(13,17)18)5-3-4-6-16-8-10-22(19,20)14(2)12-16/h13-14H,5-12H2,1-2H3/t13-,14+. The average molecular weight is 348 g/mol. The summed E-state index contributed by atoms with van der Waals surface area (Å²) in [5.74, 6) is 6.56. The Labute approximate surface area is 133 Å². The number of hydrogen-bond acceptors (Lipinski definition) is 6. The Morgan fingerprint density at radius 2 is 1.18 bits per heavy atom. The molecule has 8 heteroatoms. The molecule has 0 unspecified atom stereocenters. The van der Waals surface area contributed by atoms with E-state index in [0.717, 1.165) is 0 Å². The molecule has 2 rings (SSSR count). The molecule has 0 radical (unpaired) electrons. The summed E-state index contributed by atoms with van der Waals surface area (Å²) in [6.45, 7) is 6.78. The van der Waals surface area contributed by atoms with E-state index in [1.807, 2.05) is 0 Å². The minimum absolute atomic E-state index is 0.206. The summed E-state index contributed by atoms with van der Waals surface area (Å²) in [5, 5.41) is -0.646.